The minimum absolute atomic E-state index is 0.193. The van der Waals surface area contributed by atoms with Gasteiger partial charge < -0.3 is 10.2 Å². The van der Waals surface area contributed by atoms with E-state index in [1.54, 1.807) is 11.3 Å². The van der Waals surface area contributed by atoms with Gasteiger partial charge in [0.2, 0.25) is 0 Å². The van der Waals surface area contributed by atoms with E-state index in [9.17, 15) is 4.79 Å². The molecular formula is C23H23N3OS. The number of carbonyl (C=O) groups excluding carboxylic acids is 1. The van der Waals surface area contributed by atoms with Crippen LogP contribution in [0, 0.1) is 6.92 Å². The Bertz CT molecular complexity index is 1110. The van der Waals surface area contributed by atoms with Gasteiger partial charge in [0.05, 0.1) is 15.2 Å². The molecule has 0 spiro atoms. The highest BCUT2D eigenvalue weighted by Gasteiger charge is 2.22. The zero-order chi connectivity index (χ0) is 19.3. The highest BCUT2D eigenvalue weighted by atomic mass is 32.1. The molecule has 142 valence electrons. The Morgan fingerprint density at radius 2 is 2.11 bits per heavy atom. The third-order valence-electron chi connectivity index (χ3n) is 5.62. The van der Waals surface area contributed by atoms with Gasteiger partial charge in [-0.15, -0.1) is 11.3 Å². The van der Waals surface area contributed by atoms with Crippen molar-refractivity contribution in [3.63, 3.8) is 0 Å². The molecule has 0 amide bonds. The summed E-state index contributed by atoms with van der Waals surface area (Å²) >= 11 is 1.67. The van der Waals surface area contributed by atoms with Crippen LogP contribution in [-0.4, -0.2) is 36.4 Å². The van der Waals surface area contributed by atoms with Crippen LogP contribution in [0.15, 0.2) is 36.4 Å². The van der Waals surface area contributed by atoms with Crippen LogP contribution in [0.4, 0.5) is 5.69 Å². The molecule has 1 N–H and O–H groups in total. The highest BCUT2D eigenvalue weighted by Crippen LogP contribution is 2.33. The van der Waals surface area contributed by atoms with E-state index in [0.29, 0.717) is 12.5 Å². The van der Waals surface area contributed by atoms with E-state index in [0.717, 1.165) is 57.1 Å². The molecule has 1 atom stereocenters. The molecule has 1 saturated heterocycles. The quantitative estimate of drug-likeness (QED) is 0.718. The van der Waals surface area contributed by atoms with Crippen molar-refractivity contribution in [2.45, 2.75) is 26.3 Å². The van der Waals surface area contributed by atoms with Gasteiger partial charge in [-0.25, -0.2) is 4.98 Å². The summed E-state index contributed by atoms with van der Waals surface area (Å²) in [5.41, 5.74) is 6.31. The predicted molar refractivity (Wildman–Crippen MR) is 117 cm³/mol. The lowest BCUT2D eigenvalue weighted by Crippen LogP contribution is -2.49. The Morgan fingerprint density at radius 3 is 2.96 bits per heavy atom. The highest BCUT2D eigenvalue weighted by molar-refractivity contribution is 7.18. The third kappa shape index (κ3) is 3.15. The lowest BCUT2D eigenvalue weighted by Gasteiger charge is -2.34. The van der Waals surface area contributed by atoms with Gasteiger partial charge in [0.25, 0.3) is 0 Å². The fourth-order valence-electron chi connectivity index (χ4n) is 4.21. The predicted octanol–water partition coefficient (Wildman–Crippen LogP) is 4.07. The van der Waals surface area contributed by atoms with Gasteiger partial charge in [-0.05, 0) is 60.9 Å². The first-order chi connectivity index (χ1) is 13.6. The number of fused-ring (bicyclic) bond motifs is 2. The number of aromatic nitrogens is 1. The van der Waals surface area contributed by atoms with Crippen molar-refractivity contribution in [2.24, 2.45) is 0 Å². The number of carbonyl (C=O) groups is 1. The molecular weight excluding hydrogens is 366 g/mol. The Morgan fingerprint density at radius 1 is 1.21 bits per heavy atom. The molecule has 1 fully saturated rings. The van der Waals surface area contributed by atoms with Gasteiger partial charge in [0, 0.05) is 43.4 Å². The molecule has 28 heavy (non-hydrogen) atoms. The fraction of sp³-hybridized carbons (Fsp3) is 0.304. The number of allylic oxidation sites excluding steroid dienone is 1. The molecule has 5 rings (SSSR count). The van der Waals surface area contributed by atoms with Crippen molar-refractivity contribution < 1.29 is 4.79 Å². The van der Waals surface area contributed by atoms with Gasteiger partial charge >= 0.3 is 0 Å². The lowest BCUT2D eigenvalue weighted by atomic mass is 9.87. The van der Waals surface area contributed by atoms with Crippen LogP contribution in [0.3, 0.4) is 0 Å². The number of ketones is 1. The second-order valence-electron chi connectivity index (χ2n) is 7.76. The number of nitrogens with one attached hydrogen (secondary N) is 1. The monoisotopic (exact) mass is 389 g/mol. The Labute approximate surface area is 168 Å². The maximum Gasteiger partial charge on any atom is 0.167 e. The molecule has 2 heterocycles. The number of anilines is 1. The van der Waals surface area contributed by atoms with Crippen LogP contribution in [0.2, 0.25) is 0 Å². The topological polar surface area (TPSA) is 45.2 Å². The van der Waals surface area contributed by atoms with Crippen LogP contribution >= 0.6 is 11.3 Å². The summed E-state index contributed by atoms with van der Waals surface area (Å²) in [5.74, 6) is 0.193. The molecule has 0 unspecified atom stereocenters. The molecule has 3 aromatic rings. The summed E-state index contributed by atoms with van der Waals surface area (Å²) in [6.45, 7) is 7.24. The fourth-order valence-corrected chi connectivity index (χ4v) is 5.07. The van der Waals surface area contributed by atoms with Crippen molar-refractivity contribution in [3.05, 3.63) is 58.1 Å². The van der Waals surface area contributed by atoms with Gasteiger partial charge in [0.15, 0.2) is 5.78 Å². The van der Waals surface area contributed by atoms with Crippen LogP contribution in [0.25, 0.3) is 21.9 Å². The summed E-state index contributed by atoms with van der Waals surface area (Å²) in [6, 6.07) is 13.2. The first kappa shape index (κ1) is 17.6. The van der Waals surface area contributed by atoms with Crippen LogP contribution < -0.4 is 10.2 Å². The first-order valence-corrected chi connectivity index (χ1v) is 10.6. The summed E-state index contributed by atoms with van der Waals surface area (Å²) in [7, 11) is 0. The van der Waals surface area contributed by atoms with Crippen LogP contribution in [0.5, 0.6) is 0 Å². The number of Topliss-reactive ketones (excluding diaryl/α,β-unsaturated/α-hetero) is 1. The van der Waals surface area contributed by atoms with Crippen LogP contribution in [0.1, 0.15) is 28.6 Å². The molecule has 1 aromatic heterocycles. The molecule has 2 aromatic carbocycles. The van der Waals surface area contributed by atoms with Gasteiger partial charge in [-0.2, -0.15) is 0 Å². The normalized spacial score (nSPS) is 19.6. The van der Waals surface area contributed by atoms with Crippen molar-refractivity contribution in [1.29, 1.82) is 0 Å². The van der Waals surface area contributed by atoms with Crippen molar-refractivity contribution in [1.82, 2.24) is 10.3 Å². The van der Waals surface area contributed by atoms with Gasteiger partial charge in [-0.1, -0.05) is 12.1 Å². The van der Waals surface area contributed by atoms with E-state index >= 15 is 0 Å². The summed E-state index contributed by atoms with van der Waals surface area (Å²) in [5, 5.41) is 4.53. The number of piperazine rings is 1. The average molecular weight is 390 g/mol. The number of benzene rings is 2. The summed E-state index contributed by atoms with van der Waals surface area (Å²) < 4.78 is 1.14. The molecule has 0 saturated carbocycles. The Hall–Kier alpha value is -2.50. The van der Waals surface area contributed by atoms with E-state index in [4.69, 9.17) is 0 Å². The van der Waals surface area contributed by atoms with Crippen LogP contribution in [-0.2, 0) is 11.2 Å². The van der Waals surface area contributed by atoms with Crippen molar-refractivity contribution >= 4 is 44.7 Å². The Balaban J connectivity index is 1.49. The van der Waals surface area contributed by atoms with Gasteiger partial charge in [-0.3, -0.25) is 4.79 Å². The number of hydrogen-bond donors (Lipinski definition) is 1. The van der Waals surface area contributed by atoms with Gasteiger partial charge in [0.1, 0.15) is 0 Å². The third-order valence-corrected chi connectivity index (χ3v) is 6.55. The largest absolute Gasteiger partial charge is 0.369 e. The first-order valence-electron chi connectivity index (χ1n) is 9.80. The number of nitrogens with zero attached hydrogens (tertiary/aromatic N) is 2. The minimum atomic E-state index is 0.193. The lowest BCUT2D eigenvalue weighted by molar-refractivity contribution is -0.113. The second kappa shape index (κ2) is 6.83. The molecule has 0 radical (unpaired) electrons. The SMILES string of the molecule is Cc1nc2ccc(C3=Cc4ccc(N5CCN[C@@H](C)C5)cc4CC3=O)cc2s1. The van der Waals surface area contributed by atoms with Crippen molar-refractivity contribution in [2.75, 3.05) is 24.5 Å². The van der Waals surface area contributed by atoms with E-state index in [1.807, 2.05) is 19.1 Å². The summed E-state index contributed by atoms with van der Waals surface area (Å²) in [6.07, 6.45) is 2.52. The van der Waals surface area contributed by atoms with E-state index < -0.39 is 0 Å². The van der Waals surface area contributed by atoms with Crippen molar-refractivity contribution in [3.8, 4) is 0 Å². The van der Waals surface area contributed by atoms with E-state index in [2.05, 4.69) is 52.5 Å². The Kier molecular flexibility index (Phi) is 4.29. The van der Waals surface area contributed by atoms with E-state index in [-0.39, 0.29) is 5.78 Å². The standard InChI is InChI=1S/C23H23N3OS/c1-14-13-26(8-7-24-14)19-5-3-16-10-20(22(27)11-18(16)9-19)17-4-6-21-23(12-17)28-15(2)25-21/h3-6,9-10,12,14,24H,7-8,11,13H2,1-2H3/t14-/m0/s1. The number of thiazole rings is 1. The smallest absolute Gasteiger partial charge is 0.167 e. The zero-order valence-electron chi connectivity index (χ0n) is 16.2. The number of aryl methyl sites for hydroxylation is 1. The number of rotatable bonds is 2. The molecule has 2 aliphatic rings. The zero-order valence-corrected chi connectivity index (χ0v) is 17.0. The summed E-state index contributed by atoms with van der Waals surface area (Å²) in [4.78, 5) is 19.9. The molecule has 5 heteroatoms. The maximum atomic E-state index is 12.9. The maximum absolute atomic E-state index is 12.9. The molecule has 0 bridgehead atoms. The molecule has 4 nitrogen and oxygen atoms in total. The second-order valence-corrected chi connectivity index (χ2v) is 8.99. The molecule has 1 aliphatic carbocycles. The molecule has 1 aliphatic heterocycles. The van der Waals surface area contributed by atoms with E-state index in [1.165, 1.54) is 5.69 Å². The minimum Gasteiger partial charge on any atom is -0.369 e. The number of hydrogen-bond acceptors (Lipinski definition) is 5. The average Bonchev–Trinajstić information content (AvgIpc) is 3.06.